The molecule has 0 aliphatic carbocycles. The van der Waals surface area contributed by atoms with E-state index in [1.807, 2.05) is 13.0 Å². The Hall–Kier alpha value is -1.53. The van der Waals surface area contributed by atoms with Crippen molar-refractivity contribution in [1.29, 1.82) is 0 Å². The number of nitrogens with one attached hydrogen (secondary N) is 1. The van der Waals surface area contributed by atoms with Crippen LogP contribution in [0.1, 0.15) is 37.8 Å². The maximum Gasteiger partial charge on any atom is 0.163 e. The summed E-state index contributed by atoms with van der Waals surface area (Å²) in [4.78, 5) is 2.51. The molecule has 1 atom stereocenters. The van der Waals surface area contributed by atoms with Crippen molar-refractivity contribution in [2.75, 3.05) is 26.2 Å². The van der Waals surface area contributed by atoms with Gasteiger partial charge in [0.05, 0.1) is 11.6 Å². The van der Waals surface area contributed by atoms with Gasteiger partial charge in [-0.25, -0.2) is 4.39 Å². The topological polar surface area (TPSA) is 33.7 Å². The third kappa shape index (κ3) is 6.01. The summed E-state index contributed by atoms with van der Waals surface area (Å²) < 4.78 is 24.9. The van der Waals surface area contributed by atoms with Gasteiger partial charge in [0.2, 0.25) is 0 Å². The predicted octanol–water partition coefficient (Wildman–Crippen LogP) is 5.68. The summed E-state index contributed by atoms with van der Waals surface area (Å²) in [5.41, 5.74) is 1.66. The maximum absolute atomic E-state index is 13.2. The monoisotopic (exact) mass is 454 g/mol. The quantitative estimate of drug-likeness (QED) is 0.500. The molecule has 3 rings (SSSR count). The molecule has 0 spiro atoms. The lowest BCUT2D eigenvalue weighted by molar-refractivity contribution is 0.259. The van der Waals surface area contributed by atoms with Crippen molar-refractivity contribution in [3.63, 3.8) is 0 Å². The molecule has 1 aliphatic heterocycles. The van der Waals surface area contributed by atoms with Crippen LogP contribution in [0.15, 0.2) is 30.3 Å². The summed E-state index contributed by atoms with van der Waals surface area (Å²) in [5, 5.41) is 4.48. The molecule has 0 aromatic heterocycles. The standard InChI is InChI=1S/C23H29Cl2FN2O2/c1-3-28-9-5-6-19(28)14-27-13-17-10-22(29-4-2)23(12-21(17)25)30-15-16-7-8-18(26)11-20(16)24/h7-8,10-12,19,27H,3-6,9,13-15H2,1-2H3. The molecule has 0 amide bonds. The lowest BCUT2D eigenvalue weighted by Gasteiger charge is -2.23. The Morgan fingerprint density at radius 2 is 1.83 bits per heavy atom. The fourth-order valence-corrected chi connectivity index (χ4v) is 4.25. The zero-order valence-electron chi connectivity index (χ0n) is 17.5. The second-order valence-electron chi connectivity index (χ2n) is 7.40. The Bertz CT molecular complexity index is 850. The van der Waals surface area contributed by atoms with Crippen molar-refractivity contribution in [3.8, 4) is 11.5 Å². The molecular formula is C23H29Cl2FN2O2. The number of rotatable bonds is 10. The smallest absolute Gasteiger partial charge is 0.163 e. The van der Waals surface area contributed by atoms with Gasteiger partial charge in [0, 0.05) is 35.8 Å². The van der Waals surface area contributed by atoms with E-state index >= 15 is 0 Å². The maximum atomic E-state index is 13.2. The molecule has 1 aliphatic rings. The number of hydrogen-bond acceptors (Lipinski definition) is 4. The average Bonchev–Trinajstić information content (AvgIpc) is 3.17. The minimum Gasteiger partial charge on any atom is -0.490 e. The third-order valence-corrected chi connectivity index (χ3v) is 6.12. The Labute approximate surface area is 188 Å². The van der Waals surface area contributed by atoms with Crippen LogP contribution in [0.25, 0.3) is 0 Å². The molecule has 1 heterocycles. The SMILES string of the molecule is CCOc1cc(CNCC2CCCN2CC)c(Cl)cc1OCc1ccc(F)cc1Cl. The molecule has 2 aromatic rings. The molecule has 1 fully saturated rings. The number of halogens is 3. The molecule has 164 valence electrons. The summed E-state index contributed by atoms with van der Waals surface area (Å²) in [6.07, 6.45) is 2.50. The largest absolute Gasteiger partial charge is 0.490 e. The van der Waals surface area contributed by atoms with Gasteiger partial charge in [-0.3, -0.25) is 4.90 Å². The fraction of sp³-hybridized carbons (Fsp3) is 0.478. The summed E-state index contributed by atoms with van der Waals surface area (Å²) in [5.74, 6) is 0.797. The molecular weight excluding hydrogens is 426 g/mol. The van der Waals surface area contributed by atoms with Gasteiger partial charge in [0.15, 0.2) is 11.5 Å². The molecule has 7 heteroatoms. The molecule has 1 saturated heterocycles. The van der Waals surface area contributed by atoms with E-state index in [2.05, 4.69) is 17.1 Å². The van der Waals surface area contributed by atoms with E-state index in [1.165, 1.54) is 31.5 Å². The zero-order valence-corrected chi connectivity index (χ0v) is 19.0. The van der Waals surface area contributed by atoms with Gasteiger partial charge in [-0.05, 0) is 56.6 Å². The minimum atomic E-state index is -0.377. The van der Waals surface area contributed by atoms with Gasteiger partial charge in [-0.1, -0.05) is 36.2 Å². The number of benzene rings is 2. The van der Waals surface area contributed by atoms with Crippen LogP contribution in [0.3, 0.4) is 0 Å². The highest BCUT2D eigenvalue weighted by molar-refractivity contribution is 6.31. The molecule has 30 heavy (non-hydrogen) atoms. The Kier molecular flexibility index (Phi) is 8.63. The van der Waals surface area contributed by atoms with Crippen LogP contribution in [0, 0.1) is 5.82 Å². The molecule has 4 nitrogen and oxygen atoms in total. The highest BCUT2D eigenvalue weighted by Crippen LogP contribution is 2.34. The van der Waals surface area contributed by atoms with Crippen LogP contribution >= 0.6 is 23.2 Å². The molecule has 2 aromatic carbocycles. The van der Waals surface area contributed by atoms with Gasteiger partial charge in [-0.15, -0.1) is 0 Å². The summed E-state index contributed by atoms with van der Waals surface area (Å²) in [6.45, 7) is 8.71. The zero-order chi connectivity index (χ0) is 21.5. The van der Waals surface area contributed by atoms with Crippen LogP contribution in [0.5, 0.6) is 11.5 Å². The first kappa shape index (κ1) is 23.1. The Balaban J connectivity index is 1.65. The number of ether oxygens (including phenoxy) is 2. The van der Waals surface area contributed by atoms with Crippen molar-refractivity contribution < 1.29 is 13.9 Å². The first-order valence-electron chi connectivity index (χ1n) is 10.5. The lowest BCUT2D eigenvalue weighted by Crippen LogP contribution is -2.37. The van der Waals surface area contributed by atoms with E-state index in [4.69, 9.17) is 32.7 Å². The molecule has 0 bridgehead atoms. The number of likely N-dealkylation sites (tertiary alicyclic amines) is 1. The van der Waals surface area contributed by atoms with Crippen LogP contribution in [0.4, 0.5) is 4.39 Å². The lowest BCUT2D eigenvalue weighted by atomic mass is 10.1. The van der Waals surface area contributed by atoms with Crippen molar-refractivity contribution in [2.24, 2.45) is 0 Å². The van der Waals surface area contributed by atoms with E-state index < -0.39 is 0 Å². The predicted molar refractivity (Wildman–Crippen MR) is 120 cm³/mol. The van der Waals surface area contributed by atoms with Crippen LogP contribution in [0.2, 0.25) is 10.0 Å². The third-order valence-electron chi connectivity index (χ3n) is 5.41. The van der Waals surface area contributed by atoms with E-state index in [9.17, 15) is 4.39 Å². The van der Waals surface area contributed by atoms with E-state index in [0.717, 1.165) is 18.7 Å². The number of nitrogens with zero attached hydrogens (tertiary/aromatic N) is 1. The minimum absolute atomic E-state index is 0.196. The molecule has 0 radical (unpaired) electrons. The van der Waals surface area contributed by atoms with E-state index in [1.54, 1.807) is 12.1 Å². The first-order chi connectivity index (χ1) is 14.5. The van der Waals surface area contributed by atoms with Crippen molar-refractivity contribution in [2.45, 2.75) is 45.9 Å². The molecule has 1 N–H and O–H groups in total. The normalized spacial score (nSPS) is 16.8. The van der Waals surface area contributed by atoms with Gasteiger partial charge in [-0.2, -0.15) is 0 Å². The van der Waals surface area contributed by atoms with E-state index in [-0.39, 0.29) is 12.4 Å². The number of likely N-dealkylation sites (N-methyl/N-ethyl adjacent to an activating group) is 1. The average molecular weight is 455 g/mol. The highest BCUT2D eigenvalue weighted by atomic mass is 35.5. The van der Waals surface area contributed by atoms with Crippen molar-refractivity contribution >= 4 is 23.2 Å². The summed E-state index contributed by atoms with van der Waals surface area (Å²) in [7, 11) is 0. The van der Waals surface area contributed by atoms with Gasteiger partial charge >= 0.3 is 0 Å². The van der Waals surface area contributed by atoms with E-state index in [0.29, 0.717) is 46.3 Å². The summed E-state index contributed by atoms with van der Waals surface area (Å²) in [6, 6.07) is 8.53. The van der Waals surface area contributed by atoms with Gasteiger partial charge in [0.1, 0.15) is 12.4 Å². The highest BCUT2D eigenvalue weighted by Gasteiger charge is 2.22. The van der Waals surface area contributed by atoms with Crippen LogP contribution in [-0.2, 0) is 13.2 Å². The molecule has 1 unspecified atom stereocenters. The summed E-state index contributed by atoms with van der Waals surface area (Å²) >= 11 is 12.6. The second kappa shape index (κ2) is 11.2. The Morgan fingerprint density at radius 3 is 2.57 bits per heavy atom. The number of hydrogen-bond donors (Lipinski definition) is 1. The van der Waals surface area contributed by atoms with Crippen molar-refractivity contribution in [3.05, 3.63) is 57.3 Å². The van der Waals surface area contributed by atoms with Crippen LogP contribution in [-0.4, -0.2) is 37.2 Å². The van der Waals surface area contributed by atoms with Gasteiger partial charge in [0.25, 0.3) is 0 Å². The first-order valence-corrected chi connectivity index (χ1v) is 11.2. The van der Waals surface area contributed by atoms with Crippen molar-refractivity contribution in [1.82, 2.24) is 10.2 Å². The van der Waals surface area contributed by atoms with Gasteiger partial charge < -0.3 is 14.8 Å². The second-order valence-corrected chi connectivity index (χ2v) is 8.22. The molecule has 0 saturated carbocycles. The fourth-order valence-electron chi connectivity index (χ4n) is 3.80. The Morgan fingerprint density at radius 1 is 1.07 bits per heavy atom. The van der Waals surface area contributed by atoms with Crippen LogP contribution < -0.4 is 14.8 Å².